The van der Waals surface area contributed by atoms with Crippen LogP contribution in [0, 0.1) is 6.92 Å². The third-order valence-corrected chi connectivity index (χ3v) is 4.36. The van der Waals surface area contributed by atoms with Gasteiger partial charge in [-0.2, -0.15) is 0 Å². The van der Waals surface area contributed by atoms with Gasteiger partial charge in [-0.25, -0.2) is 4.79 Å². The molecule has 1 amide bonds. The van der Waals surface area contributed by atoms with Crippen molar-refractivity contribution in [2.24, 2.45) is 0 Å². The predicted molar refractivity (Wildman–Crippen MR) is 105 cm³/mol. The Balaban J connectivity index is 2.90. The van der Waals surface area contributed by atoms with Gasteiger partial charge < -0.3 is 9.64 Å². The van der Waals surface area contributed by atoms with Gasteiger partial charge in [0.05, 0.1) is 0 Å². The van der Waals surface area contributed by atoms with Crippen molar-refractivity contribution < 1.29 is 9.53 Å². The molecule has 0 radical (unpaired) electrons. The lowest BCUT2D eigenvalue weighted by Gasteiger charge is -2.32. The molecule has 25 heavy (non-hydrogen) atoms. The van der Waals surface area contributed by atoms with Crippen LogP contribution in [-0.2, 0) is 4.74 Å². The molecule has 5 heteroatoms. The molecule has 0 aliphatic heterocycles. The number of halogens is 1. The highest BCUT2D eigenvalue weighted by atomic mass is 35.5. The molecule has 1 aromatic rings. The second-order valence-corrected chi connectivity index (χ2v) is 7.93. The van der Waals surface area contributed by atoms with Crippen LogP contribution in [0.2, 0.25) is 5.02 Å². The molecule has 0 aliphatic rings. The van der Waals surface area contributed by atoms with Crippen molar-refractivity contribution in [2.45, 2.75) is 59.6 Å². The van der Waals surface area contributed by atoms with Crippen LogP contribution in [0.4, 0.5) is 4.79 Å². The smallest absolute Gasteiger partial charge is 0.410 e. The summed E-state index contributed by atoms with van der Waals surface area (Å²) in [5.41, 5.74) is 1.87. The number of benzene rings is 1. The van der Waals surface area contributed by atoms with Crippen molar-refractivity contribution in [1.29, 1.82) is 0 Å². The van der Waals surface area contributed by atoms with E-state index in [-0.39, 0.29) is 12.1 Å². The molecule has 0 aromatic heterocycles. The Morgan fingerprint density at radius 3 is 2.28 bits per heavy atom. The number of rotatable bonds is 7. The molecular weight excluding hydrogens is 336 g/mol. The minimum Gasteiger partial charge on any atom is -0.444 e. The zero-order valence-corrected chi connectivity index (χ0v) is 17.5. The SMILES string of the molecule is CCN(CC)[C@@H](CCN(C)C(=O)OC(C)(C)C)c1cc(C)cc(Cl)c1. The fraction of sp³-hybridized carbons (Fsp3) is 0.650. The molecule has 0 spiro atoms. The fourth-order valence-electron chi connectivity index (χ4n) is 2.93. The minimum absolute atomic E-state index is 0.220. The van der Waals surface area contributed by atoms with Crippen molar-refractivity contribution in [3.8, 4) is 0 Å². The van der Waals surface area contributed by atoms with Gasteiger partial charge >= 0.3 is 6.09 Å². The third kappa shape index (κ3) is 7.25. The van der Waals surface area contributed by atoms with Gasteiger partial charge in [0, 0.05) is 24.7 Å². The lowest BCUT2D eigenvalue weighted by atomic mass is 9.99. The molecule has 0 N–H and O–H groups in total. The Hall–Kier alpha value is -1.26. The number of hydrogen-bond acceptors (Lipinski definition) is 3. The van der Waals surface area contributed by atoms with Crippen molar-refractivity contribution in [1.82, 2.24) is 9.80 Å². The maximum atomic E-state index is 12.2. The van der Waals surface area contributed by atoms with Crippen molar-refractivity contribution in [3.63, 3.8) is 0 Å². The topological polar surface area (TPSA) is 32.8 Å². The van der Waals surface area contributed by atoms with Crippen LogP contribution < -0.4 is 0 Å². The maximum Gasteiger partial charge on any atom is 0.410 e. The zero-order chi connectivity index (χ0) is 19.2. The Kier molecular flexibility index (Phi) is 8.23. The number of nitrogens with zero attached hydrogens (tertiary/aromatic N) is 2. The number of hydrogen-bond donors (Lipinski definition) is 0. The van der Waals surface area contributed by atoms with Crippen LogP contribution in [0.15, 0.2) is 18.2 Å². The monoisotopic (exact) mass is 368 g/mol. The van der Waals surface area contributed by atoms with Crippen LogP contribution in [0.3, 0.4) is 0 Å². The number of carbonyl (C=O) groups is 1. The van der Waals surface area contributed by atoms with Gasteiger partial charge in [-0.15, -0.1) is 0 Å². The first-order chi connectivity index (χ1) is 11.6. The van der Waals surface area contributed by atoms with Gasteiger partial charge in [-0.1, -0.05) is 31.5 Å². The average molecular weight is 369 g/mol. The lowest BCUT2D eigenvalue weighted by molar-refractivity contribution is 0.0282. The molecule has 0 heterocycles. The molecule has 1 rings (SSSR count). The van der Waals surface area contributed by atoms with E-state index in [4.69, 9.17) is 16.3 Å². The number of ether oxygens (including phenoxy) is 1. The standard InChI is InChI=1S/C20H33ClN2O2/c1-8-23(9-2)18(16-12-15(3)13-17(21)14-16)10-11-22(7)19(24)25-20(4,5)6/h12-14,18H,8-11H2,1-7H3/t18-/m0/s1. The van der Waals surface area contributed by atoms with Crippen LogP contribution >= 0.6 is 11.6 Å². The molecule has 0 unspecified atom stereocenters. The van der Waals surface area contributed by atoms with E-state index in [0.29, 0.717) is 6.54 Å². The minimum atomic E-state index is -0.478. The molecule has 0 fully saturated rings. The molecule has 0 bridgehead atoms. The maximum absolute atomic E-state index is 12.2. The molecular formula is C20H33ClN2O2. The average Bonchev–Trinajstić information content (AvgIpc) is 2.48. The van der Waals surface area contributed by atoms with Gasteiger partial charge in [0.1, 0.15) is 5.60 Å². The fourth-order valence-corrected chi connectivity index (χ4v) is 3.23. The summed E-state index contributed by atoms with van der Waals surface area (Å²) in [6.07, 6.45) is 0.546. The molecule has 4 nitrogen and oxygen atoms in total. The number of carbonyl (C=O) groups excluding carboxylic acids is 1. The van der Waals surface area contributed by atoms with Crippen LogP contribution in [0.5, 0.6) is 0 Å². The van der Waals surface area contributed by atoms with E-state index in [1.165, 1.54) is 5.56 Å². The summed E-state index contributed by atoms with van der Waals surface area (Å²) in [4.78, 5) is 16.2. The number of aryl methyl sites for hydroxylation is 1. The van der Waals surface area contributed by atoms with E-state index in [1.807, 2.05) is 32.9 Å². The summed E-state index contributed by atoms with van der Waals surface area (Å²) in [5.74, 6) is 0. The van der Waals surface area contributed by atoms with Gasteiger partial charge in [-0.05, 0) is 70.5 Å². The van der Waals surface area contributed by atoms with Gasteiger partial charge in [0.15, 0.2) is 0 Å². The van der Waals surface area contributed by atoms with E-state index < -0.39 is 5.60 Å². The summed E-state index contributed by atoms with van der Waals surface area (Å²) in [5, 5.41) is 0.757. The normalized spacial score (nSPS) is 13.0. The van der Waals surface area contributed by atoms with Gasteiger partial charge in [0.2, 0.25) is 0 Å². The molecule has 0 saturated heterocycles. The highest BCUT2D eigenvalue weighted by Gasteiger charge is 2.23. The third-order valence-electron chi connectivity index (χ3n) is 4.15. The summed E-state index contributed by atoms with van der Waals surface area (Å²) in [6.45, 7) is 14.5. The molecule has 1 atom stereocenters. The summed E-state index contributed by atoms with van der Waals surface area (Å²) in [7, 11) is 1.79. The second kappa shape index (κ2) is 9.44. The predicted octanol–water partition coefficient (Wildman–Crippen LogP) is 5.29. The Labute approximate surface area is 158 Å². The van der Waals surface area contributed by atoms with Crippen molar-refractivity contribution in [3.05, 3.63) is 34.3 Å². The highest BCUT2D eigenvalue weighted by molar-refractivity contribution is 6.30. The zero-order valence-electron chi connectivity index (χ0n) is 16.7. The van der Waals surface area contributed by atoms with Gasteiger partial charge in [0.25, 0.3) is 0 Å². The van der Waals surface area contributed by atoms with Crippen LogP contribution in [-0.4, -0.2) is 48.2 Å². The van der Waals surface area contributed by atoms with E-state index in [9.17, 15) is 4.79 Å². The largest absolute Gasteiger partial charge is 0.444 e. The molecule has 0 aliphatic carbocycles. The first kappa shape index (κ1) is 21.8. The second-order valence-electron chi connectivity index (χ2n) is 7.49. The molecule has 0 saturated carbocycles. The van der Waals surface area contributed by atoms with E-state index in [0.717, 1.165) is 30.1 Å². The summed E-state index contributed by atoms with van der Waals surface area (Å²) in [6, 6.07) is 6.40. The summed E-state index contributed by atoms with van der Waals surface area (Å²) >= 11 is 6.27. The first-order valence-corrected chi connectivity index (χ1v) is 9.40. The Bertz CT molecular complexity index is 545. The van der Waals surface area contributed by atoms with E-state index in [1.54, 1.807) is 11.9 Å². The first-order valence-electron chi connectivity index (χ1n) is 9.02. The Morgan fingerprint density at radius 2 is 1.80 bits per heavy atom. The van der Waals surface area contributed by atoms with E-state index >= 15 is 0 Å². The van der Waals surface area contributed by atoms with Crippen molar-refractivity contribution in [2.75, 3.05) is 26.7 Å². The molecule has 142 valence electrons. The molecule has 1 aromatic carbocycles. The van der Waals surface area contributed by atoms with Gasteiger partial charge in [-0.3, -0.25) is 4.90 Å². The highest BCUT2D eigenvalue weighted by Crippen LogP contribution is 2.28. The van der Waals surface area contributed by atoms with Crippen molar-refractivity contribution >= 4 is 17.7 Å². The van der Waals surface area contributed by atoms with E-state index in [2.05, 4.69) is 31.7 Å². The lowest BCUT2D eigenvalue weighted by Crippen LogP contribution is -2.37. The van der Waals surface area contributed by atoms with Crippen LogP contribution in [0.1, 0.15) is 58.2 Å². The summed E-state index contributed by atoms with van der Waals surface area (Å²) < 4.78 is 5.44. The number of amides is 1. The quantitative estimate of drug-likeness (QED) is 0.655. The Morgan fingerprint density at radius 1 is 1.20 bits per heavy atom. The van der Waals surface area contributed by atoms with Crippen LogP contribution in [0.25, 0.3) is 0 Å².